The first-order valence-corrected chi connectivity index (χ1v) is 10.6. The SMILES string of the molecule is COc1cccc(-c2csc(C(C#N)c3ccnc(NCCc4cccnc4)n3)n2)c1. The van der Waals surface area contributed by atoms with Crippen molar-refractivity contribution in [3.8, 4) is 23.1 Å². The van der Waals surface area contributed by atoms with Crippen molar-refractivity contribution in [2.45, 2.75) is 12.3 Å². The first-order chi connectivity index (χ1) is 15.3. The summed E-state index contributed by atoms with van der Waals surface area (Å²) in [5.74, 6) is 0.694. The van der Waals surface area contributed by atoms with Crippen molar-refractivity contribution in [3.63, 3.8) is 0 Å². The molecule has 0 aliphatic heterocycles. The molecule has 0 spiro atoms. The lowest BCUT2D eigenvalue weighted by atomic mass is 10.1. The van der Waals surface area contributed by atoms with E-state index >= 15 is 0 Å². The van der Waals surface area contributed by atoms with Gasteiger partial charge in [0.1, 0.15) is 16.7 Å². The van der Waals surface area contributed by atoms with Gasteiger partial charge in [-0.1, -0.05) is 18.2 Å². The Hall–Kier alpha value is -3.83. The van der Waals surface area contributed by atoms with Crippen molar-refractivity contribution in [1.82, 2.24) is 19.9 Å². The summed E-state index contributed by atoms with van der Waals surface area (Å²) in [6.07, 6.45) is 6.06. The van der Waals surface area contributed by atoms with Gasteiger partial charge in [-0.15, -0.1) is 11.3 Å². The van der Waals surface area contributed by atoms with E-state index in [1.165, 1.54) is 11.3 Å². The van der Waals surface area contributed by atoms with Crippen LogP contribution in [0.4, 0.5) is 5.95 Å². The van der Waals surface area contributed by atoms with Gasteiger partial charge in [0.05, 0.1) is 24.6 Å². The van der Waals surface area contributed by atoms with E-state index in [-0.39, 0.29) is 0 Å². The molecule has 154 valence electrons. The fourth-order valence-corrected chi connectivity index (χ4v) is 3.95. The van der Waals surface area contributed by atoms with Crippen LogP contribution in [0.15, 0.2) is 66.4 Å². The zero-order chi connectivity index (χ0) is 21.5. The molecule has 7 nitrogen and oxygen atoms in total. The Labute approximate surface area is 184 Å². The zero-order valence-electron chi connectivity index (χ0n) is 16.9. The number of methoxy groups -OCH3 is 1. The topological polar surface area (TPSA) is 96.6 Å². The number of thiazole rings is 1. The number of nitrogens with zero attached hydrogens (tertiary/aromatic N) is 5. The van der Waals surface area contributed by atoms with E-state index in [1.807, 2.05) is 48.0 Å². The van der Waals surface area contributed by atoms with Gasteiger partial charge in [0, 0.05) is 36.1 Å². The summed E-state index contributed by atoms with van der Waals surface area (Å²) in [6.45, 7) is 0.670. The molecule has 0 radical (unpaired) electrons. The van der Waals surface area contributed by atoms with Crippen LogP contribution in [-0.2, 0) is 6.42 Å². The van der Waals surface area contributed by atoms with Crippen LogP contribution >= 0.6 is 11.3 Å². The number of nitrogens with one attached hydrogen (secondary N) is 1. The van der Waals surface area contributed by atoms with Crippen molar-refractivity contribution in [3.05, 3.63) is 82.7 Å². The molecule has 8 heteroatoms. The minimum absolute atomic E-state index is 0.492. The fraction of sp³-hybridized carbons (Fsp3) is 0.174. The van der Waals surface area contributed by atoms with Gasteiger partial charge >= 0.3 is 0 Å². The quantitative estimate of drug-likeness (QED) is 0.446. The van der Waals surface area contributed by atoms with Crippen molar-refractivity contribution in [2.75, 3.05) is 19.0 Å². The molecule has 0 aliphatic carbocycles. The van der Waals surface area contributed by atoms with E-state index in [1.54, 1.807) is 25.6 Å². The second kappa shape index (κ2) is 9.78. The number of ether oxygens (including phenoxy) is 1. The van der Waals surface area contributed by atoms with E-state index in [4.69, 9.17) is 4.74 Å². The summed E-state index contributed by atoms with van der Waals surface area (Å²) < 4.78 is 5.29. The highest BCUT2D eigenvalue weighted by molar-refractivity contribution is 7.10. The van der Waals surface area contributed by atoms with Crippen molar-refractivity contribution < 1.29 is 4.74 Å². The van der Waals surface area contributed by atoms with Crippen LogP contribution in [0.2, 0.25) is 0 Å². The highest BCUT2D eigenvalue weighted by atomic mass is 32.1. The zero-order valence-corrected chi connectivity index (χ0v) is 17.7. The average Bonchev–Trinajstić information content (AvgIpc) is 3.31. The third kappa shape index (κ3) is 5.02. The molecule has 0 saturated carbocycles. The Kier molecular flexibility index (Phi) is 6.45. The summed E-state index contributed by atoms with van der Waals surface area (Å²) in [5, 5.41) is 15.7. The van der Waals surface area contributed by atoms with Gasteiger partial charge in [0.15, 0.2) is 0 Å². The van der Waals surface area contributed by atoms with Crippen LogP contribution < -0.4 is 10.1 Å². The molecule has 31 heavy (non-hydrogen) atoms. The Morgan fingerprint density at radius 2 is 2.10 bits per heavy atom. The molecule has 1 atom stereocenters. The van der Waals surface area contributed by atoms with Gasteiger partial charge in [0.2, 0.25) is 5.95 Å². The van der Waals surface area contributed by atoms with Gasteiger partial charge in [-0.05, 0) is 36.2 Å². The average molecular weight is 429 g/mol. The van der Waals surface area contributed by atoms with E-state index < -0.39 is 5.92 Å². The lowest BCUT2D eigenvalue weighted by Gasteiger charge is -2.09. The maximum absolute atomic E-state index is 9.82. The molecule has 4 rings (SSSR count). The molecule has 0 amide bonds. The number of rotatable bonds is 8. The summed E-state index contributed by atoms with van der Waals surface area (Å²) in [7, 11) is 1.63. The highest BCUT2D eigenvalue weighted by Gasteiger charge is 2.20. The largest absolute Gasteiger partial charge is 0.497 e. The maximum Gasteiger partial charge on any atom is 0.222 e. The van der Waals surface area contributed by atoms with Crippen molar-refractivity contribution in [1.29, 1.82) is 5.26 Å². The van der Waals surface area contributed by atoms with Crippen LogP contribution in [0.25, 0.3) is 11.3 Å². The minimum Gasteiger partial charge on any atom is -0.497 e. The fourth-order valence-electron chi connectivity index (χ4n) is 3.07. The van der Waals surface area contributed by atoms with Crippen LogP contribution in [0.5, 0.6) is 5.75 Å². The van der Waals surface area contributed by atoms with Gasteiger partial charge in [-0.3, -0.25) is 4.98 Å². The summed E-state index contributed by atoms with van der Waals surface area (Å²) in [4.78, 5) is 17.6. The predicted octanol–water partition coefficient (Wildman–Crippen LogP) is 4.31. The standard InChI is InChI=1S/C23H20N6OS/c1-30-18-6-2-5-17(12-18)21-15-31-22(28-21)19(13-24)20-8-11-27-23(29-20)26-10-7-16-4-3-9-25-14-16/h2-6,8-9,11-12,14-15,19H,7,10H2,1H3,(H,26,27,29). The lowest BCUT2D eigenvalue weighted by molar-refractivity contribution is 0.415. The number of benzene rings is 1. The predicted molar refractivity (Wildman–Crippen MR) is 120 cm³/mol. The monoisotopic (exact) mass is 428 g/mol. The number of anilines is 1. The Morgan fingerprint density at radius 3 is 2.90 bits per heavy atom. The Morgan fingerprint density at radius 1 is 1.16 bits per heavy atom. The molecule has 4 aromatic rings. The van der Waals surface area contributed by atoms with Crippen LogP contribution in [0.3, 0.4) is 0 Å². The highest BCUT2D eigenvalue weighted by Crippen LogP contribution is 2.31. The van der Waals surface area contributed by atoms with Crippen LogP contribution in [-0.4, -0.2) is 33.6 Å². The van der Waals surface area contributed by atoms with E-state index in [9.17, 15) is 5.26 Å². The molecule has 3 aromatic heterocycles. The van der Waals surface area contributed by atoms with E-state index in [2.05, 4.69) is 31.3 Å². The van der Waals surface area contributed by atoms with E-state index in [0.717, 1.165) is 29.0 Å². The maximum atomic E-state index is 9.82. The second-order valence-electron chi connectivity index (χ2n) is 6.71. The van der Waals surface area contributed by atoms with Crippen molar-refractivity contribution in [2.24, 2.45) is 0 Å². The molecule has 0 saturated heterocycles. The lowest BCUT2D eigenvalue weighted by Crippen LogP contribution is -2.10. The summed E-state index contributed by atoms with van der Waals surface area (Å²) in [5.41, 5.74) is 3.50. The minimum atomic E-state index is -0.564. The number of nitriles is 1. The van der Waals surface area contributed by atoms with Crippen molar-refractivity contribution >= 4 is 17.3 Å². The first-order valence-electron chi connectivity index (χ1n) is 9.72. The molecule has 1 aromatic carbocycles. The molecule has 0 bridgehead atoms. The Bertz CT molecular complexity index is 1190. The van der Waals surface area contributed by atoms with Gasteiger partial charge < -0.3 is 10.1 Å². The molecule has 0 fully saturated rings. The normalized spacial score (nSPS) is 11.5. The molecular weight excluding hydrogens is 408 g/mol. The molecule has 1 N–H and O–H groups in total. The van der Waals surface area contributed by atoms with E-state index in [0.29, 0.717) is 23.2 Å². The van der Waals surface area contributed by atoms with Gasteiger partial charge in [0.25, 0.3) is 0 Å². The molecule has 1 unspecified atom stereocenters. The summed E-state index contributed by atoms with van der Waals surface area (Å²) in [6, 6.07) is 15.7. The molecular formula is C23H20N6OS. The number of pyridine rings is 1. The number of aromatic nitrogens is 4. The van der Waals surface area contributed by atoms with Gasteiger partial charge in [-0.2, -0.15) is 5.26 Å². The second-order valence-corrected chi connectivity index (χ2v) is 7.60. The third-order valence-electron chi connectivity index (χ3n) is 4.66. The summed E-state index contributed by atoms with van der Waals surface area (Å²) >= 11 is 1.44. The third-order valence-corrected chi connectivity index (χ3v) is 5.57. The first kappa shape index (κ1) is 20.4. The molecule has 3 heterocycles. The van der Waals surface area contributed by atoms with Crippen LogP contribution in [0.1, 0.15) is 22.2 Å². The Balaban J connectivity index is 1.48. The molecule has 0 aliphatic rings. The van der Waals surface area contributed by atoms with Gasteiger partial charge in [-0.25, -0.2) is 15.0 Å². The smallest absolute Gasteiger partial charge is 0.222 e. The van der Waals surface area contributed by atoms with Crippen LogP contribution in [0, 0.1) is 11.3 Å². The number of hydrogen-bond donors (Lipinski definition) is 1. The number of hydrogen-bond acceptors (Lipinski definition) is 8.